The van der Waals surface area contributed by atoms with Gasteiger partial charge >= 0.3 is 0 Å². The third kappa shape index (κ3) is 3.06. The van der Waals surface area contributed by atoms with Crippen molar-refractivity contribution < 1.29 is 9.18 Å². The first-order valence-corrected chi connectivity index (χ1v) is 5.60. The van der Waals surface area contributed by atoms with Crippen molar-refractivity contribution in [2.45, 2.75) is 0 Å². The first-order chi connectivity index (χ1) is 9.10. The molecule has 4 nitrogen and oxygen atoms in total. The molecule has 0 saturated heterocycles. The lowest BCUT2D eigenvalue weighted by Crippen LogP contribution is -2.13. The van der Waals surface area contributed by atoms with E-state index in [1.807, 2.05) is 6.07 Å². The van der Waals surface area contributed by atoms with Crippen molar-refractivity contribution in [3.8, 4) is 6.07 Å². The van der Waals surface area contributed by atoms with Crippen LogP contribution in [0.2, 0.25) is 5.02 Å². The molecule has 0 spiro atoms. The lowest BCUT2D eigenvalue weighted by Gasteiger charge is -2.05. The SMILES string of the molecule is N#Cc1ccc(C(=O)Nc2ccc(F)c(Cl)c2)nc1. The van der Waals surface area contributed by atoms with Gasteiger partial charge in [-0.25, -0.2) is 9.37 Å². The summed E-state index contributed by atoms with van der Waals surface area (Å²) in [6.45, 7) is 0. The third-order valence-electron chi connectivity index (χ3n) is 2.30. The van der Waals surface area contributed by atoms with Gasteiger partial charge in [-0.15, -0.1) is 0 Å². The van der Waals surface area contributed by atoms with Crippen molar-refractivity contribution in [1.82, 2.24) is 4.98 Å². The highest BCUT2D eigenvalue weighted by atomic mass is 35.5. The minimum absolute atomic E-state index is 0.0782. The van der Waals surface area contributed by atoms with Gasteiger partial charge in [-0.1, -0.05) is 11.6 Å². The standard InChI is InChI=1S/C13H7ClFN3O/c14-10-5-9(2-3-11(10)15)18-13(19)12-4-1-8(6-16)7-17-12/h1-5,7H,(H,18,19). The smallest absolute Gasteiger partial charge is 0.274 e. The summed E-state index contributed by atoms with van der Waals surface area (Å²) in [5, 5.41) is 11.1. The van der Waals surface area contributed by atoms with Gasteiger partial charge < -0.3 is 5.32 Å². The molecule has 1 aromatic heterocycles. The molecule has 0 unspecified atom stereocenters. The van der Waals surface area contributed by atoms with E-state index in [1.165, 1.54) is 30.5 Å². The molecule has 2 rings (SSSR count). The van der Waals surface area contributed by atoms with E-state index >= 15 is 0 Å². The largest absolute Gasteiger partial charge is 0.321 e. The monoisotopic (exact) mass is 275 g/mol. The number of carbonyl (C=O) groups is 1. The van der Waals surface area contributed by atoms with E-state index < -0.39 is 11.7 Å². The number of anilines is 1. The summed E-state index contributed by atoms with van der Waals surface area (Å²) in [4.78, 5) is 15.7. The molecule has 1 heterocycles. The highest BCUT2D eigenvalue weighted by molar-refractivity contribution is 6.31. The first-order valence-electron chi connectivity index (χ1n) is 5.22. The summed E-state index contributed by atoms with van der Waals surface area (Å²) < 4.78 is 13.0. The molecule has 1 aromatic carbocycles. The fourth-order valence-corrected chi connectivity index (χ4v) is 1.54. The van der Waals surface area contributed by atoms with Crippen molar-refractivity contribution in [3.05, 3.63) is 58.6 Å². The van der Waals surface area contributed by atoms with Gasteiger partial charge in [0.05, 0.1) is 10.6 Å². The van der Waals surface area contributed by atoms with E-state index in [1.54, 1.807) is 0 Å². The van der Waals surface area contributed by atoms with Crippen LogP contribution in [0.15, 0.2) is 36.5 Å². The number of benzene rings is 1. The van der Waals surface area contributed by atoms with Gasteiger partial charge in [-0.05, 0) is 30.3 Å². The van der Waals surface area contributed by atoms with Crippen molar-refractivity contribution >= 4 is 23.2 Å². The fraction of sp³-hybridized carbons (Fsp3) is 0. The number of halogens is 2. The maximum absolute atomic E-state index is 13.0. The Bertz CT molecular complexity index is 665. The van der Waals surface area contributed by atoms with E-state index in [-0.39, 0.29) is 10.7 Å². The number of carbonyl (C=O) groups excluding carboxylic acids is 1. The second-order valence-corrected chi connectivity index (χ2v) is 4.03. The Labute approximate surface area is 113 Å². The summed E-state index contributed by atoms with van der Waals surface area (Å²) in [5.74, 6) is -1.02. The van der Waals surface area contributed by atoms with E-state index in [2.05, 4.69) is 10.3 Å². The van der Waals surface area contributed by atoms with Crippen LogP contribution in [0.5, 0.6) is 0 Å². The molecule has 6 heteroatoms. The molecule has 0 fully saturated rings. The van der Waals surface area contributed by atoms with E-state index in [0.29, 0.717) is 11.3 Å². The molecule has 2 aromatic rings. The van der Waals surface area contributed by atoms with Crippen LogP contribution in [0.1, 0.15) is 16.1 Å². The minimum atomic E-state index is -0.559. The Balaban J connectivity index is 2.16. The number of aromatic nitrogens is 1. The topological polar surface area (TPSA) is 65.8 Å². The number of hydrogen-bond donors (Lipinski definition) is 1. The zero-order valence-corrected chi connectivity index (χ0v) is 10.3. The zero-order chi connectivity index (χ0) is 13.8. The van der Waals surface area contributed by atoms with Crippen molar-refractivity contribution in [1.29, 1.82) is 5.26 Å². The molecule has 0 bridgehead atoms. The van der Waals surface area contributed by atoms with E-state index in [0.717, 1.165) is 6.07 Å². The average Bonchev–Trinajstić information content (AvgIpc) is 2.43. The summed E-state index contributed by atoms with van der Waals surface area (Å²) >= 11 is 5.60. The summed E-state index contributed by atoms with van der Waals surface area (Å²) in [6.07, 6.45) is 1.30. The molecule has 0 radical (unpaired) electrons. The molecular formula is C13H7ClFN3O. The number of amides is 1. The van der Waals surface area contributed by atoms with Gasteiger partial charge in [0.2, 0.25) is 0 Å². The molecule has 19 heavy (non-hydrogen) atoms. The number of nitrogens with zero attached hydrogens (tertiary/aromatic N) is 2. The predicted octanol–water partition coefficient (Wildman–Crippen LogP) is 3.00. The molecule has 94 valence electrons. The van der Waals surface area contributed by atoms with Crippen LogP contribution in [0, 0.1) is 17.1 Å². The van der Waals surface area contributed by atoms with Crippen LogP contribution in [-0.2, 0) is 0 Å². The average molecular weight is 276 g/mol. The van der Waals surface area contributed by atoms with Crippen LogP contribution >= 0.6 is 11.6 Å². The second-order valence-electron chi connectivity index (χ2n) is 3.63. The van der Waals surface area contributed by atoms with Gasteiger partial charge in [-0.3, -0.25) is 4.79 Å². The highest BCUT2D eigenvalue weighted by Crippen LogP contribution is 2.19. The van der Waals surface area contributed by atoms with Gasteiger partial charge in [0, 0.05) is 11.9 Å². The van der Waals surface area contributed by atoms with Crippen molar-refractivity contribution in [2.75, 3.05) is 5.32 Å². The normalized spacial score (nSPS) is 9.74. The molecule has 0 aliphatic heterocycles. The van der Waals surface area contributed by atoms with Crippen LogP contribution in [0.25, 0.3) is 0 Å². The quantitative estimate of drug-likeness (QED) is 0.916. The molecular weight excluding hydrogens is 269 g/mol. The van der Waals surface area contributed by atoms with Gasteiger partial charge in [-0.2, -0.15) is 5.26 Å². The zero-order valence-electron chi connectivity index (χ0n) is 9.52. The van der Waals surface area contributed by atoms with E-state index in [4.69, 9.17) is 16.9 Å². The predicted molar refractivity (Wildman–Crippen MR) is 68.3 cm³/mol. The molecule has 0 saturated carbocycles. The van der Waals surface area contributed by atoms with Crippen LogP contribution in [0.3, 0.4) is 0 Å². The summed E-state index contributed by atoms with van der Waals surface area (Å²) in [7, 11) is 0. The Kier molecular flexibility index (Phi) is 3.74. The van der Waals surface area contributed by atoms with Crippen LogP contribution in [-0.4, -0.2) is 10.9 Å². The van der Waals surface area contributed by atoms with Gasteiger partial charge in [0.15, 0.2) is 0 Å². The van der Waals surface area contributed by atoms with Crippen LogP contribution in [0.4, 0.5) is 10.1 Å². The molecule has 0 aliphatic carbocycles. The van der Waals surface area contributed by atoms with Crippen molar-refractivity contribution in [3.63, 3.8) is 0 Å². The number of pyridine rings is 1. The molecule has 0 aliphatic rings. The Morgan fingerprint density at radius 2 is 2.16 bits per heavy atom. The Morgan fingerprint density at radius 3 is 2.74 bits per heavy atom. The number of hydrogen-bond acceptors (Lipinski definition) is 3. The van der Waals surface area contributed by atoms with Crippen LogP contribution < -0.4 is 5.32 Å². The Morgan fingerprint density at radius 1 is 1.37 bits per heavy atom. The van der Waals surface area contributed by atoms with Crippen molar-refractivity contribution in [2.24, 2.45) is 0 Å². The fourth-order valence-electron chi connectivity index (χ4n) is 1.36. The van der Waals surface area contributed by atoms with E-state index in [9.17, 15) is 9.18 Å². The molecule has 0 atom stereocenters. The lowest BCUT2D eigenvalue weighted by molar-refractivity contribution is 0.102. The Hall–Kier alpha value is -2.45. The molecule has 1 N–H and O–H groups in total. The van der Waals surface area contributed by atoms with Gasteiger partial charge in [0.1, 0.15) is 17.6 Å². The minimum Gasteiger partial charge on any atom is -0.321 e. The number of nitriles is 1. The second kappa shape index (κ2) is 5.46. The summed E-state index contributed by atoms with van der Waals surface area (Å²) in [5.41, 5.74) is 0.878. The summed E-state index contributed by atoms with van der Waals surface area (Å²) in [6, 6.07) is 8.67. The first kappa shape index (κ1) is 13.0. The maximum atomic E-state index is 13.0. The van der Waals surface area contributed by atoms with Gasteiger partial charge in [0.25, 0.3) is 5.91 Å². The number of nitrogens with one attached hydrogen (secondary N) is 1. The third-order valence-corrected chi connectivity index (χ3v) is 2.59. The highest BCUT2D eigenvalue weighted by Gasteiger charge is 2.09. The molecule has 1 amide bonds. The number of rotatable bonds is 2. The lowest BCUT2D eigenvalue weighted by atomic mass is 10.2. The maximum Gasteiger partial charge on any atom is 0.274 e.